The maximum atomic E-state index is 9.95. The van der Waals surface area contributed by atoms with Gasteiger partial charge in [-0.15, -0.1) is 0 Å². The van der Waals surface area contributed by atoms with Gasteiger partial charge in [0.25, 0.3) is 0 Å². The highest BCUT2D eigenvalue weighted by molar-refractivity contribution is 5.63. The number of hydrogen-bond acceptors (Lipinski definition) is 3. The monoisotopic (exact) mass is 324 g/mol. The van der Waals surface area contributed by atoms with E-state index in [-0.39, 0.29) is 18.1 Å². The summed E-state index contributed by atoms with van der Waals surface area (Å²) in [5.74, 6) is 0. The predicted molar refractivity (Wildman–Crippen MR) is 99.9 cm³/mol. The van der Waals surface area contributed by atoms with Gasteiger partial charge in [0, 0.05) is 44.2 Å². The van der Waals surface area contributed by atoms with Crippen LogP contribution < -0.4 is 5.32 Å². The van der Waals surface area contributed by atoms with Crippen LogP contribution in [-0.2, 0) is 0 Å². The Kier molecular flexibility index (Phi) is 5.34. The Bertz CT molecular complexity index is 631. The molecule has 0 bridgehead atoms. The smallest absolute Gasteiger partial charge is 0.0500 e. The lowest BCUT2D eigenvalue weighted by molar-refractivity contribution is 0.0305. The van der Waals surface area contributed by atoms with Crippen molar-refractivity contribution in [3.05, 3.63) is 60.2 Å². The van der Waals surface area contributed by atoms with E-state index in [1.165, 1.54) is 16.7 Å². The van der Waals surface area contributed by atoms with Crippen LogP contribution in [0.15, 0.2) is 54.6 Å². The molecule has 24 heavy (non-hydrogen) atoms. The predicted octanol–water partition coefficient (Wildman–Crippen LogP) is 3.32. The molecule has 0 aromatic heterocycles. The summed E-state index contributed by atoms with van der Waals surface area (Å²) in [4.78, 5) is 2.50. The van der Waals surface area contributed by atoms with E-state index in [1.807, 2.05) is 6.07 Å². The molecular formula is C21H28N2O. The van der Waals surface area contributed by atoms with Crippen molar-refractivity contribution in [1.29, 1.82) is 0 Å². The van der Waals surface area contributed by atoms with Crippen molar-refractivity contribution in [2.45, 2.75) is 19.9 Å². The second-order valence-electron chi connectivity index (χ2n) is 7.32. The number of piperazine rings is 1. The Morgan fingerprint density at radius 2 is 1.54 bits per heavy atom. The fourth-order valence-corrected chi connectivity index (χ4v) is 3.67. The van der Waals surface area contributed by atoms with Crippen LogP contribution in [0.1, 0.15) is 25.5 Å². The van der Waals surface area contributed by atoms with Crippen LogP contribution in [0.5, 0.6) is 0 Å². The summed E-state index contributed by atoms with van der Waals surface area (Å²) in [6.45, 7) is 8.57. The van der Waals surface area contributed by atoms with Gasteiger partial charge in [-0.1, -0.05) is 68.4 Å². The number of hydrogen-bond donors (Lipinski definition) is 2. The molecule has 3 rings (SSSR count). The number of nitrogens with one attached hydrogen (secondary N) is 1. The highest BCUT2D eigenvalue weighted by Crippen LogP contribution is 2.38. The Hall–Kier alpha value is -1.68. The van der Waals surface area contributed by atoms with Crippen molar-refractivity contribution < 1.29 is 5.11 Å². The molecular weight excluding hydrogens is 296 g/mol. The molecule has 0 spiro atoms. The van der Waals surface area contributed by atoms with Crippen molar-refractivity contribution in [2.75, 3.05) is 32.8 Å². The van der Waals surface area contributed by atoms with Gasteiger partial charge in [-0.2, -0.15) is 0 Å². The fraction of sp³-hybridized carbons (Fsp3) is 0.429. The third-order valence-electron chi connectivity index (χ3n) is 5.00. The normalized spacial score (nSPS) is 17.6. The van der Waals surface area contributed by atoms with E-state index < -0.39 is 0 Å². The van der Waals surface area contributed by atoms with E-state index in [4.69, 9.17) is 0 Å². The first kappa shape index (κ1) is 17.2. The minimum absolute atomic E-state index is 0.175. The van der Waals surface area contributed by atoms with Gasteiger partial charge in [-0.3, -0.25) is 4.90 Å². The average Bonchev–Trinajstić information content (AvgIpc) is 2.64. The van der Waals surface area contributed by atoms with E-state index >= 15 is 0 Å². The van der Waals surface area contributed by atoms with Gasteiger partial charge < -0.3 is 10.4 Å². The molecule has 3 nitrogen and oxygen atoms in total. The highest BCUT2D eigenvalue weighted by atomic mass is 16.3. The number of benzene rings is 2. The molecule has 0 aliphatic carbocycles. The van der Waals surface area contributed by atoms with Gasteiger partial charge in [0.05, 0.1) is 0 Å². The lowest BCUT2D eigenvalue weighted by Gasteiger charge is -2.43. The van der Waals surface area contributed by atoms with E-state index in [1.54, 1.807) is 0 Å². The molecule has 1 fully saturated rings. The Morgan fingerprint density at radius 3 is 2.12 bits per heavy atom. The molecule has 2 N–H and O–H groups in total. The minimum atomic E-state index is -0.175. The zero-order chi connectivity index (χ0) is 17.0. The summed E-state index contributed by atoms with van der Waals surface area (Å²) < 4.78 is 0. The van der Waals surface area contributed by atoms with E-state index in [2.05, 4.69) is 72.6 Å². The SMILES string of the molecule is CC(C)(CO)[C@H](c1ccc(-c2ccccc2)cc1)N1CCNCC1. The second-order valence-corrected chi connectivity index (χ2v) is 7.32. The van der Waals surface area contributed by atoms with Gasteiger partial charge >= 0.3 is 0 Å². The number of aliphatic hydroxyl groups excluding tert-OH is 1. The van der Waals surface area contributed by atoms with Crippen molar-refractivity contribution in [3.8, 4) is 11.1 Å². The van der Waals surface area contributed by atoms with Gasteiger partial charge in [-0.05, 0) is 16.7 Å². The molecule has 1 atom stereocenters. The number of nitrogens with zero attached hydrogens (tertiary/aromatic N) is 1. The molecule has 128 valence electrons. The van der Waals surface area contributed by atoms with Crippen LogP contribution in [0.2, 0.25) is 0 Å². The summed E-state index contributed by atoms with van der Waals surface area (Å²) in [5, 5.41) is 13.4. The third-order valence-corrected chi connectivity index (χ3v) is 5.00. The van der Waals surface area contributed by atoms with Crippen LogP contribution in [0.4, 0.5) is 0 Å². The zero-order valence-electron chi connectivity index (χ0n) is 14.7. The summed E-state index contributed by atoms with van der Waals surface area (Å²) in [6.07, 6.45) is 0. The van der Waals surface area contributed by atoms with Crippen molar-refractivity contribution >= 4 is 0 Å². The molecule has 1 heterocycles. The first-order valence-electron chi connectivity index (χ1n) is 8.83. The van der Waals surface area contributed by atoms with Crippen molar-refractivity contribution in [1.82, 2.24) is 10.2 Å². The van der Waals surface area contributed by atoms with Crippen LogP contribution in [0.25, 0.3) is 11.1 Å². The van der Waals surface area contributed by atoms with Gasteiger partial charge in [0.2, 0.25) is 0 Å². The van der Waals surface area contributed by atoms with Gasteiger partial charge in [-0.25, -0.2) is 0 Å². The minimum Gasteiger partial charge on any atom is -0.396 e. The largest absolute Gasteiger partial charge is 0.396 e. The van der Waals surface area contributed by atoms with Crippen LogP contribution >= 0.6 is 0 Å². The lowest BCUT2D eigenvalue weighted by atomic mass is 9.79. The molecule has 2 aromatic carbocycles. The summed E-state index contributed by atoms with van der Waals surface area (Å²) in [6, 6.07) is 19.6. The summed E-state index contributed by atoms with van der Waals surface area (Å²) in [5.41, 5.74) is 3.59. The summed E-state index contributed by atoms with van der Waals surface area (Å²) >= 11 is 0. The quantitative estimate of drug-likeness (QED) is 0.886. The zero-order valence-corrected chi connectivity index (χ0v) is 14.7. The maximum Gasteiger partial charge on any atom is 0.0500 e. The molecule has 0 radical (unpaired) electrons. The van der Waals surface area contributed by atoms with Crippen molar-refractivity contribution in [2.24, 2.45) is 5.41 Å². The molecule has 1 saturated heterocycles. The van der Waals surface area contributed by atoms with E-state index in [9.17, 15) is 5.11 Å². The van der Waals surface area contributed by atoms with Crippen LogP contribution in [-0.4, -0.2) is 42.8 Å². The van der Waals surface area contributed by atoms with E-state index in [0.717, 1.165) is 26.2 Å². The first-order valence-corrected chi connectivity index (χ1v) is 8.83. The summed E-state index contributed by atoms with van der Waals surface area (Å²) in [7, 11) is 0. The number of rotatable bonds is 5. The van der Waals surface area contributed by atoms with Crippen LogP contribution in [0.3, 0.4) is 0 Å². The molecule has 3 heteroatoms. The lowest BCUT2D eigenvalue weighted by Crippen LogP contribution is -2.49. The van der Waals surface area contributed by atoms with Crippen molar-refractivity contribution in [3.63, 3.8) is 0 Å². The van der Waals surface area contributed by atoms with E-state index in [0.29, 0.717) is 0 Å². The fourth-order valence-electron chi connectivity index (χ4n) is 3.67. The second kappa shape index (κ2) is 7.47. The number of aliphatic hydroxyl groups is 1. The Labute approximate surface area is 145 Å². The van der Waals surface area contributed by atoms with Gasteiger partial charge in [0.15, 0.2) is 0 Å². The molecule has 0 unspecified atom stereocenters. The molecule has 0 amide bonds. The first-order chi connectivity index (χ1) is 11.6. The van der Waals surface area contributed by atoms with Gasteiger partial charge in [0.1, 0.15) is 0 Å². The average molecular weight is 324 g/mol. The molecule has 2 aromatic rings. The third kappa shape index (κ3) is 3.69. The standard InChI is InChI=1S/C21H28N2O/c1-21(2,16-24)20(23-14-12-22-13-15-23)19-10-8-18(9-11-19)17-6-4-3-5-7-17/h3-11,20,22,24H,12-16H2,1-2H3/t20-/m0/s1. The Balaban J connectivity index is 1.90. The van der Waals surface area contributed by atoms with Crippen LogP contribution in [0, 0.1) is 5.41 Å². The topological polar surface area (TPSA) is 35.5 Å². The molecule has 1 aliphatic rings. The maximum absolute atomic E-state index is 9.95. The molecule has 1 aliphatic heterocycles. The molecule has 0 saturated carbocycles. The highest BCUT2D eigenvalue weighted by Gasteiger charge is 2.35. The Morgan fingerprint density at radius 1 is 0.958 bits per heavy atom.